The van der Waals surface area contributed by atoms with Crippen LogP contribution in [0.4, 0.5) is 5.69 Å². The summed E-state index contributed by atoms with van der Waals surface area (Å²) in [6.45, 7) is 0.328. The minimum absolute atomic E-state index is 0.328. The monoisotopic (exact) mass is 274 g/mol. The van der Waals surface area contributed by atoms with Gasteiger partial charge < -0.3 is 21.7 Å². The van der Waals surface area contributed by atoms with Gasteiger partial charge in [-0.15, -0.1) is 0 Å². The minimum Gasteiger partial charge on any atom is -0.398 e. The first-order valence-corrected chi connectivity index (χ1v) is 5.46. The van der Waals surface area contributed by atoms with Gasteiger partial charge in [-0.2, -0.15) is 0 Å². The molecule has 0 aliphatic carbocycles. The van der Waals surface area contributed by atoms with E-state index in [0.717, 1.165) is 4.47 Å². The summed E-state index contributed by atoms with van der Waals surface area (Å²) in [5, 5.41) is 19.4. The van der Waals surface area contributed by atoms with Crippen molar-refractivity contribution in [1.29, 1.82) is 0 Å². The van der Waals surface area contributed by atoms with Crippen LogP contribution in [0.3, 0.4) is 0 Å². The molecule has 0 fully saturated rings. The zero-order valence-corrected chi connectivity index (χ0v) is 9.81. The first-order chi connectivity index (χ1) is 7.06. The molecule has 0 radical (unpaired) electrons. The molecule has 0 spiro atoms. The summed E-state index contributed by atoms with van der Waals surface area (Å²) >= 11 is 3.27. The lowest BCUT2D eigenvalue weighted by molar-refractivity contribution is 0.0154. The van der Waals surface area contributed by atoms with Gasteiger partial charge in [-0.25, -0.2) is 0 Å². The van der Waals surface area contributed by atoms with E-state index in [9.17, 15) is 10.2 Å². The van der Waals surface area contributed by atoms with Crippen molar-refractivity contribution in [3.8, 4) is 0 Å². The molecule has 5 heteroatoms. The van der Waals surface area contributed by atoms with Crippen molar-refractivity contribution in [2.24, 2.45) is 5.73 Å². The molecule has 0 bridgehead atoms. The van der Waals surface area contributed by atoms with E-state index in [2.05, 4.69) is 15.9 Å². The van der Waals surface area contributed by atoms with E-state index in [0.29, 0.717) is 24.2 Å². The van der Waals surface area contributed by atoms with Gasteiger partial charge in [0, 0.05) is 15.7 Å². The lowest BCUT2D eigenvalue weighted by atomic mass is 10.0. The molecular formula is C10H15BrN2O2. The maximum Gasteiger partial charge on any atom is 0.107 e. The molecule has 84 valence electrons. The van der Waals surface area contributed by atoms with Crippen LogP contribution in [-0.2, 0) is 0 Å². The van der Waals surface area contributed by atoms with Crippen LogP contribution in [-0.4, -0.2) is 22.9 Å². The summed E-state index contributed by atoms with van der Waals surface area (Å²) in [5.74, 6) is 0. The second-order valence-electron chi connectivity index (χ2n) is 3.36. The van der Waals surface area contributed by atoms with Gasteiger partial charge in [-0.05, 0) is 25.1 Å². The molecule has 1 aromatic rings. The van der Waals surface area contributed by atoms with Crippen molar-refractivity contribution in [2.75, 3.05) is 12.3 Å². The summed E-state index contributed by atoms with van der Waals surface area (Å²) < 4.78 is 0.837. The molecule has 2 atom stereocenters. The Morgan fingerprint density at radius 2 is 2.00 bits per heavy atom. The Bertz CT molecular complexity index is 333. The standard InChI is InChI=1S/C10H15BrN2O2/c11-6-1-2-7(8(13)5-6)10(15)9(14)3-4-12/h1-2,5,9-10,14-15H,3-4,12-13H2. The smallest absolute Gasteiger partial charge is 0.107 e. The number of benzene rings is 1. The lowest BCUT2D eigenvalue weighted by Gasteiger charge is -2.19. The number of halogens is 1. The minimum atomic E-state index is -0.985. The van der Waals surface area contributed by atoms with Crippen LogP contribution in [0, 0.1) is 0 Å². The molecule has 15 heavy (non-hydrogen) atoms. The predicted octanol–water partition coefficient (Wildman–Crippen LogP) is 0.774. The van der Waals surface area contributed by atoms with E-state index in [1.807, 2.05) is 0 Å². The van der Waals surface area contributed by atoms with E-state index < -0.39 is 12.2 Å². The Morgan fingerprint density at radius 1 is 1.33 bits per heavy atom. The summed E-state index contributed by atoms with van der Waals surface area (Å²) in [7, 11) is 0. The zero-order valence-electron chi connectivity index (χ0n) is 8.23. The Kier molecular flexibility index (Phi) is 4.53. The fourth-order valence-corrected chi connectivity index (χ4v) is 1.73. The molecule has 4 nitrogen and oxygen atoms in total. The van der Waals surface area contributed by atoms with Gasteiger partial charge in [-0.3, -0.25) is 0 Å². The van der Waals surface area contributed by atoms with E-state index in [1.165, 1.54) is 0 Å². The van der Waals surface area contributed by atoms with E-state index in [1.54, 1.807) is 18.2 Å². The summed E-state index contributed by atoms with van der Waals surface area (Å²) in [5.41, 5.74) is 12.0. The van der Waals surface area contributed by atoms with Crippen molar-refractivity contribution < 1.29 is 10.2 Å². The van der Waals surface area contributed by atoms with E-state index in [4.69, 9.17) is 11.5 Å². The van der Waals surface area contributed by atoms with Crippen LogP contribution in [0.5, 0.6) is 0 Å². The fraction of sp³-hybridized carbons (Fsp3) is 0.400. The van der Waals surface area contributed by atoms with Crippen molar-refractivity contribution in [3.63, 3.8) is 0 Å². The van der Waals surface area contributed by atoms with Crippen molar-refractivity contribution >= 4 is 21.6 Å². The molecule has 0 aromatic heterocycles. The number of hydrogen-bond donors (Lipinski definition) is 4. The number of anilines is 1. The van der Waals surface area contributed by atoms with Gasteiger partial charge in [-0.1, -0.05) is 22.0 Å². The van der Waals surface area contributed by atoms with Gasteiger partial charge in [0.05, 0.1) is 6.10 Å². The predicted molar refractivity (Wildman–Crippen MR) is 63.2 cm³/mol. The van der Waals surface area contributed by atoms with Crippen LogP contribution >= 0.6 is 15.9 Å². The first-order valence-electron chi connectivity index (χ1n) is 4.67. The number of aliphatic hydroxyl groups excluding tert-OH is 2. The van der Waals surface area contributed by atoms with E-state index >= 15 is 0 Å². The summed E-state index contributed by atoms with van der Waals surface area (Å²) in [6, 6.07) is 5.14. The first kappa shape index (κ1) is 12.4. The largest absolute Gasteiger partial charge is 0.398 e. The third kappa shape index (κ3) is 3.17. The van der Waals surface area contributed by atoms with Crippen LogP contribution in [0.2, 0.25) is 0 Å². The summed E-state index contributed by atoms with van der Waals surface area (Å²) in [6.07, 6.45) is -1.52. The highest BCUT2D eigenvalue weighted by molar-refractivity contribution is 9.10. The second kappa shape index (κ2) is 5.46. The molecule has 0 aliphatic rings. The molecule has 0 aliphatic heterocycles. The number of nitrogens with two attached hydrogens (primary N) is 2. The highest BCUT2D eigenvalue weighted by atomic mass is 79.9. The Balaban J connectivity index is 2.86. The van der Waals surface area contributed by atoms with Crippen LogP contribution < -0.4 is 11.5 Å². The normalized spacial score (nSPS) is 14.9. The third-order valence-corrected chi connectivity index (χ3v) is 2.69. The van der Waals surface area contributed by atoms with Crippen molar-refractivity contribution in [1.82, 2.24) is 0 Å². The van der Waals surface area contributed by atoms with Gasteiger partial charge in [0.15, 0.2) is 0 Å². The van der Waals surface area contributed by atoms with Crippen LogP contribution in [0.15, 0.2) is 22.7 Å². The summed E-state index contributed by atoms with van der Waals surface area (Å²) in [4.78, 5) is 0. The number of aliphatic hydroxyl groups is 2. The Morgan fingerprint density at radius 3 is 2.53 bits per heavy atom. The SMILES string of the molecule is NCCC(O)C(O)c1ccc(Br)cc1N. The maximum atomic E-state index is 9.79. The number of hydrogen-bond acceptors (Lipinski definition) is 4. The molecule has 1 rings (SSSR count). The average molecular weight is 275 g/mol. The molecule has 0 amide bonds. The van der Waals surface area contributed by atoms with Gasteiger partial charge in [0.1, 0.15) is 6.10 Å². The second-order valence-corrected chi connectivity index (χ2v) is 4.28. The maximum absolute atomic E-state index is 9.79. The van der Waals surface area contributed by atoms with Crippen LogP contribution in [0.1, 0.15) is 18.1 Å². The number of rotatable bonds is 4. The molecule has 2 unspecified atom stereocenters. The van der Waals surface area contributed by atoms with Crippen LogP contribution in [0.25, 0.3) is 0 Å². The highest BCUT2D eigenvalue weighted by Gasteiger charge is 2.19. The quantitative estimate of drug-likeness (QED) is 0.611. The van der Waals surface area contributed by atoms with E-state index in [-0.39, 0.29) is 0 Å². The highest BCUT2D eigenvalue weighted by Crippen LogP contribution is 2.27. The molecule has 0 saturated carbocycles. The fourth-order valence-electron chi connectivity index (χ4n) is 1.35. The van der Waals surface area contributed by atoms with Crippen molar-refractivity contribution in [3.05, 3.63) is 28.2 Å². The molecule has 0 heterocycles. The van der Waals surface area contributed by atoms with Gasteiger partial charge in [0.25, 0.3) is 0 Å². The van der Waals surface area contributed by atoms with Gasteiger partial charge >= 0.3 is 0 Å². The van der Waals surface area contributed by atoms with Gasteiger partial charge in [0.2, 0.25) is 0 Å². The zero-order chi connectivity index (χ0) is 11.4. The topological polar surface area (TPSA) is 92.5 Å². The lowest BCUT2D eigenvalue weighted by Crippen LogP contribution is -2.22. The number of nitrogen functional groups attached to an aromatic ring is 1. The molecule has 6 N–H and O–H groups in total. The Labute approximate surface area is 97.0 Å². The Hall–Kier alpha value is -0.620. The molecular weight excluding hydrogens is 260 g/mol. The molecule has 1 aromatic carbocycles. The third-order valence-electron chi connectivity index (χ3n) is 2.19. The average Bonchev–Trinajstić information content (AvgIpc) is 2.17. The molecule has 0 saturated heterocycles. The van der Waals surface area contributed by atoms with Crippen molar-refractivity contribution in [2.45, 2.75) is 18.6 Å².